The van der Waals surface area contributed by atoms with Crippen molar-refractivity contribution in [2.75, 3.05) is 19.8 Å². The minimum Gasteiger partial charge on any atom is -0.432 e. The van der Waals surface area contributed by atoms with Gasteiger partial charge in [-0.3, -0.25) is 0 Å². The molecule has 0 aliphatic carbocycles. The SMILES string of the molecule is CCCC[Si](O)(CCCC)CCCC.CCO.CCO.CCO.[Zr]. The zero-order chi connectivity index (χ0) is 19.0. The maximum Gasteiger partial charge on any atom is 0.188 e. The van der Waals surface area contributed by atoms with E-state index in [1.54, 1.807) is 20.8 Å². The number of aliphatic hydroxyl groups excluding tert-OH is 3. The molecule has 0 aliphatic rings. The van der Waals surface area contributed by atoms with E-state index in [0.717, 1.165) is 18.1 Å². The van der Waals surface area contributed by atoms with Gasteiger partial charge in [0.15, 0.2) is 8.32 Å². The molecule has 0 aromatic rings. The van der Waals surface area contributed by atoms with Gasteiger partial charge in [0.2, 0.25) is 0 Å². The minimum absolute atomic E-state index is 0. The number of aliphatic hydroxyl groups is 3. The van der Waals surface area contributed by atoms with Gasteiger partial charge in [-0.2, -0.15) is 0 Å². The van der Waals surface area contributed by atoms with Crippen molar-refractivity contribution in [3.63, 3.8) is 0 Å². The Morgan fingerprint density at radius 3 is 0.833 bits per heavy atom. The van der Waals surface area contributed by atoms with Crippen molar-refractivity contribution in [3.05, 3.63) is 0 Å². The average molecular weight is 446 g/mol. The number of hydrogen-bond acceptors (Lipinski definition) is 4. The molecule has 0 radical (unpaired) electrons. The van der Waals surface area contributed by atoms with Gasteiger partial charge < -0.3 is 20.1 Å². The summed E-state index contributed by atoms with van der Waals surface area (Å²) in [5, 5.41) is 22.7. The van der Waals surface area contributed by atoms with Crippen LogP contribution in [0, 0.1) is 0 Å². The predicted octanol–water partition coefficient (Wildman–Crippen LogP) is 4.32. The Bertz CT molecular complexity index is 149. The molecule has 0 fully saturated rings. The molecule has 0 spiro atoms. The molecule has 0 atom stereocenters. The monoisotopic (exact) mass is 444 g/mol. The molecular weight excluding hydrogens is 400 g/mol. The molecule has 150 valence electrons. The van der Waals surface area contributed by atoms with Crippen LogP contribution in [0.2, 0.25) is 18.1 Å². The Hall–Kier alpha value is 0.940. The Morgan fingerprint density at radius 2 is 0.708 bits per heavy atom. The van der Waals surface area contributed by atoms with E-state index in [1.807, 2.05) is 0 Å². The van der Waals surface area contributed by atoms with Crippen LogP contribution in [-0.4, -0.2) is 48.3 Å². The third kappa shape index (κ3) is 43.5. The summed E-state index contributed by atoms with van der Waals surface area (Å²) in [6.07, 6.45) is 7.39. The molecule has 0 bridgehead atoms. The summed E-state index contributed by atoms with van der Waals surface area (Å²) >= 11 is 0. The average Bonchev–Trinajstić information content (AvgIpc) is 2.52. The maximum absolute atomic E-state index is 10.5. The topological polar surface area (TPSA) is 80.9 Å². The van der Waals surface area contributed by atoms with Gasteiger partial charge in [0.05, 0.1) is 0 Å². The van der Waals surface area contributed by atoms with Gasteiger partial charge in [0, 0.05) is 46.0 Å². The second-order valence-electron chi connectivity index (χ2n) is 5.48. The van der Waals surface area contributed by atoms with Crippen LogP contribution in [0.5, 0.6) is 0 Å². The van der Waals surface area contributed by atoms with Gasteiger partial charge in [0.1, 0.15) is 0 Å². The van der Waals surface area contributed by atoms with Gasteiger partial charge in [-0.1, -0.05) is 59.3 Å². The summed E-state index contributed by atoms with van der Waals surface area (Å²) in [6.45, 7) is 12.4. The molecule has 0 saturated heterocycles. The molecule has 4 N–H and O–H groups in total. The molecule has 0 rings (SSSR count). The van der Waals surface area contributed by atoms with Crippen molar-refractivity contribution >= 4 is 8.32 Å². The van der Waals surface area contributed by atoms with Crippen LogP contribution in [0.4, 0.5) is 0 Å². The second-order valence-corrected chi connectivity index (χ2v) is 9.43. The van der Waals surface area contributed by atoms with E-state index in [9.17, 15) is 4.80 Å². The minimum atomic E-state index is -1.81. The Balaban J connectivity index is -0.000000100. The van der Waals surface area contributed by atoms with Crippen molar-refractivity contribution in [3.8, 4) is 0 Å². The zero-order valence-corrected chi connectivity index (χ0v) is 20.7. The van der Waals surface area contributed by atoms with Gasteiger partial charge >= 0.3 is 0 Å². The first-order valence-corrected chi connectivity index (χ1v) is 12.0. The van der Waals surface area contributed by atoms with Crippen LogP contribution >= 0.6 is 0 Å². The summed E-state index contributed by atoms with van der Waals surface area (Å²) in [5.41, 5.74) is 0. The fourth-order valence-electron chi connectivity index (χ4n) is 1.89. The van der Waals surface area contributed by atoms with Crippen molar-refractivity contribution in [2.24, 2.45) is 0 Å². The first-order valence-electron chi connectivity index (χ1n) is 9.48. The quantitative estimate of drug-likeness (QED) is 0.398. The molecule has 0 saturated carbocycles. The van der Waals surface area contributed by atoms with Crippen LogP contribution in [0.3, 0.4) is 0 Å². The van der Waals surface area contributed by atoms with Crippen LogP contribution in [0.25, 0.3) is 0 Å². The van der Waals surface area contributed by atoms with Crippen LogP contribution in [-0.2, 0) is 26.2 Å². The molecule has 0 aromatic carbocycles. The summed E-state index contributed by atoms with van der Waals surface area (Å²) < 4.78 is 0. The second kappa shape index (κ2) is 35.1. The van der Waals surface area contributed by atoms with Gasteiger partial charge in [-0.25, -0.2) is 0 Å². The fourth-order valence-corrected chi connectivity index (χ4v) is 5.68. The van der Waals surface area contributed by atoms with Crippen molar-refractivity contribution in [2.45, 2.75) is 98.2 Å². The smallest absolute Gasteiger partial charge is 0.188 e. The Labute approximate surface area is 172 Å². The van der Waals surface area contributed by atoms with E-state index >= 15 is 0 Å². The van der Waals surface area contributed by atoms with E-state index in [2.05, 4.69) is 20.8 Å². The van der Waals surface area contributed by atoms with Gasteiger partial charge in [-0.05, 0) is 38.9 Å². The fraction of sp³-hybridized carbons (Fsp3) is 1.00. The normalized spacial score (nSPS) is 9.25. The summed E-state index contributed by atoms with van der Waals surface area (Å²) in [6, 6.07) is 3.43. The maximum atomic E-state index is 10.5. The molecular formula is C18H46O4SiZr. The number of rotatable bonds is 9. The predicted molar refractivity (Wildman–Crippen MR) is 105 cm³/mol. The van der Waals surface area contributed by atoms with Crippen LogP contribution in [0.15, 0.2) is 0 Å². The third-order valence-corrected chi connectivity index (χ3v) is 6.84. The Kier molecular flexibility index (Phi) is 52.6. The summed E-state index contributed by atoms with van der Waals surface area (Å²) in [5.74, 6) is 0. The molecule has 0 unspecified atom stereocenters. The van der Waals surface area contributed by atoms with Gasteiger partial charge in [0.25, 0.3) is 0 Å². The van der Waals surface area contributed by atoms with Crippen molar-refractivity contribution in [1.82, 2.24) is 0 Å². The van der Waals surface area contributed by atoms with E-state index in [1.165, 1.54) is 38.5 Å². The number of hydrogen-bond donors (Lipinski definition) is 4. The van der Waals surface area contributed by atoms with Crippen LogP contribution in [0.1, 0.15) is 80.1 Å². The molecule has 0 aromatic heterocycles. The van der Waals surface area contributed by atoms with Crippen LogP contribution < -0.4 is 0 Å². The van der Waals surface area contributed by atoms with E-state index in [4.69, 9.17) is 15.3 Å². The first-order chi connectivity index (χ1) is 10.9. The molecule has 4 nitrogen and oxygen atoms in total. The Morgan fingerprint density at radius 1 is 0.542 bits per heavy atom. The molecule has 6 heteroatoms. The summed E-state index contributed by atoms with van der Waals surface area (Å²) in [4.78, 5) is 10.5. The third-order valence-electron chi connectivity index (χ3n) is 2.99. The van der Waals surface area contributed by atoms with Crippen molar-refractivity contribution < 1.29 is 46.3 Å². The standard InChI is InChI=1S/C12H28OSi.3C2H6O.Zr/c1-4-7-10-14(13,11-8-5-2)12-9-6-3;3*1-2-3;/h13H,4-12H2,1-3H3;3*3H,2H2,1H3;. The molecule has 0 amide bonds. The molecule has 0 heterocycles. The van der Waals surface area contributed by atoms with Gasteiger partial charge in [-0.15, -0.1) is 0 Å². The molecule has 24 heavy (non-hydrogen) atoms. The van der Waals surface area contributed by atoms with E-state index < -0.39 is 8.32 Å². The van der Waals surface area contributed by atoms with E-state index in [-0.39, 0.29) is 46.0 Å². The largest absolute Gasteiger partial charge is 0.432 e. The van der Waals surface area contributed by atoms with E-state index in [0.29, 0.717) is 0 Å². The number of unbranched alkanes of at least 4 members (excludes halogenated alkanes) is 3. The zero-order valence-electron chi connectivity index (χ0n) is 17.3. The molecule has 0 aliphatic heterocycles. The van der Waals surface area contributed by atoms with Crippen molar-refractivity contribution in [1.29, 1.82) is 0 Å². The summed E-state index contributed by atoms with van der Waals surface area (Å²) in [7, 11) is -1.81. The first kappa shape index (κ1) is 35.9.